The van der Waals surface area contributed by atoms with E-state index in [1.165, 1.54) is 12.1 Å². The predicted octanol–water partition coefficient (Wildman–Crippen LogP) is 3.80. The molecular formula is C21H19F3N2O3. The molecule has 8 heteroatoms. The van der Waals surface area contributed by atoms with Crippen molar-refractivity contribution in [2.75, 3.05) is 25.0 Å². The molecule has 0 spiro atoms. The van der Waals surface area contributed by atoms with Crippen molar-refractivity contribution in [3.63, 3.8) is 0 Å². The van der Waals surface area contributed by atoms with Gasteiger partial charge in [0.15, 0.2) is 6.61 Å². The fraction of sp³-hybridized carbons (Fsp3) is 0.286. The Bertz CT molecular complexity index is 969. The largest absolute Gasteiger partial charge is 0.490 e. The van der Waals surface area contributed by atoms with Crippen LogP contribution in [0.25, 0.3) is 5.70 Å². The number of nitrogens with one attached hydrogen (secondary N) is 1. The van der Waals surface area contributed by atoms with Crippen LogP contribution in [0, 0.1) is 23.4 Å². The van der Waals surface area contributed by atoms with Gasteiger partial charge in [-0.15, -0.1) is 0 Å². The molecule has 1 N–H and O–H groups in total. The zero-order chi connectivity index (χ0) is 20.7. The highest BCUT2D eigenvalue weighted by Gasteiger charge is 2.34. The summed E-state index contributed by atoms with van der Waals surface area (Å²) in [7, 11) is 0. The normalized spacial score (nSPS) is 17.0. The van der Waals surface area contributed by atoms with E-state index in [2.05, 4.69) is 11.9 Å². The second-order valence-corrected chi connectivity index (χ2v) is 7.20. The molecule has 0 aromatic heterocycles. The summed E-state index contributed by atoms with van der Waals surface area (Å²) in [4.78, 5) is 13.4. The first kappa shape index (κ1) is 19.2. The number of benzene rings is 2. The van der Waals surface area contributed by atoms with Gasteiger partial charge in [0, 0.05) is 54.5 Å². The predicted molar refractivity (Wildman–Crippen MR) is 101 cm³/mol. The number of likely N-dealkylation sites (tertiary alicyclic amines) is 1. The Morgan fingerprint density at radius 1 is 1.21 bits per heavy atom. The minimum atomic E-state index is -0.699. The molecule has 4 rings (SSSR count). The lowest BCUT2D eigenvalue weighted by Crippen LogP contribution is -2.51. The second-order valence-electron chi connectivity index (χ2n) is 7.20. The number of halogens is 3. The molecule has 2 aliphatic heterocycles. The van der Waals surface area contributed by atoms with Crippen LogP contribution in [0.1, 0.15) is 12.5 Å². The molecule has 1 atom stereocenters. The molecule has 152 valence electrons. The minimum Gasteiger partial charge on any atom is -0.490 e. The number of anilines is 1. The average Bonchev–Trinajstić information content (AvgIpc) is 2.59. The summed E-state index contributed by atoms with van der Waals surface area (Å²) in [5.41, 5.74) is 1.15. The Kier molecular flexibility index (Phi) is 4.86. The van der Waals surface area contributed by atoms with Gasteiger partial charge in [0.25, 0.3) is 5.91 Å². The van der Waals surface area contributed by atoms with Gasteiger partial charge in [-0.3, -0.25) is 4.79 Å². The summed E-state index contributed by atoms with van der Waals surface area (Å²) in [5.74, 6) is -1.70. The zero-order valence-electron chi connectivity index (χ0n) is 15.7. The Morgan fingerprint density at radius 3 is 2.59 bits per heavy atom. The third kappa shape index (κ3) is 3.87. The summed E-state index contributed by atoms with van der Waals surface area (Å²) < 4.78 is 52.0. The number of nitrogens with zero attached hydrogens (tertiary/aromatic N) is 1. The van der Waals surface area contributed by atoms with Crippen molar-refractivity contribution in [1.29, 1.82) is 0 Å². The van der Waals surface area contributed by atoms with E-state index in [1.54, 1.807) is 0 Å². The van der Waals surface area contributed by atoms with E-state index in [-0.39, 0.29) is 41.6 Å². The first-order valence-electron chi connectivity index (χ1n) is 9.13. The van der Waals surface area contributed by atoms with E-state index < -0.39 is 17.5 Å². The van der Waals surface area contributed by atoms with Crippen LogP contribution in [-0.4, -0.2) is 36.6 Å². The molecule has 1 fully saturated rings. The Labute approximate surface area is 165 Å². The van der Waals surface area contributed by atoms with Crippen molar-refractivity contribution in [2.24, 2.45) is 5.92 Å². The number of rotatable bonds is 5. The van der Waals surface area contributed by atoms with Crippen LogP contribution in [0.2, 0.25) is 0 Å². The minimum absolute atomic E-state index is 0.0850. The number of carbonyl (C=O) groups excluding carboxylic acids is 1. The van der Waals surface area contributed by atoms with E-state index >= 15 is 0 Å². The van der Waals surface area contributed by atoms with Crippen LogP contribution in [0.15, 0.2) is 36.9 Å². The monoisotopic (exact) mass is 404 g/mol. The fourth-order valence-corrected chi connectivity index (χ4v) is 3.43. The number of ether oxygens (including phenoxy) is 2. The molecule has 0 radical (unpaired) electrons. The van der Waals surface area contributed by atoms with Gasteiger partial charge in [-0.05, 0) is 13.0 Å². The van der Waals surface area contributed by atoms with Crippen LogP contribution in [0.5, 0.6) is 11.5 Å². The van der Waals surface area contributed by atoms with E-state index in [0.717, 1.165) is 18.2 Å². The molecular weight excluding hydrogens is 385 g/mol. The van der Waals surface area contributed by atoms with Crippen molar-refractivity contribution in [2.45, 2.75) is 13.0 Å². The lowest BCUT2D eigenvalue weighted by Gasteiger charge is -2.44. The molecule has 2 heterocycles. The average molecular weight is 404 g/mol. The van der Waals surface area contributed by atoms with Gasteiger partial charge in [-0.1, -0.05) is 6.58 Å². The van der Waals surface area contributed by atoms with Gasteiger partial charge in [-0.25, -0.2) is 13.2 Å². The number of hydrogen-bond donors (Lipinski definition) is 1. The lowest BCUT2D eigenvalue weighted by atomic mass is 9.92. The molecule has 0 saturated carbocycles. The first-order chi connectivity index (χ1) is 13.8. The SMILES string of the molecule is C=C(c1cc2c(cc1F)OCC(=O)N2)N1CC(C(C)Oc2cc(F)cc(F)c2)C1. The third-order valence-corrected chi connectivity index (χ3v) is 5.13. The van der Waals surface area contributed by atoms with Crippen LogP contribution in [-0.2, 0) is 4.79 Å². The summed E-state index contributed by atoms with van der Waals surface area (Å²) in [6, 6.07) is 5.79. The number of hydrogen-bond acceptors (Lipinski definition) is 4. The molecule has 0 bridgehead atoms. The van der Waals surface area contributed by atoms with E-state index in [4.69, 9.17) is 9.47 Å². The highest BCUT2D eigenvalue weighted by atomic mass is 19.1. The van der Waals surface area contributed by atoms with E-state index in [9.17, 15) is 18.0 Å². The summed E-state index contributed by atoms with van der Waals surface area (Å²) in [5, 5.41) is 2.65. The Morgan fingerprint density at radius 2 is 1.90 bits per heavy atom. The molecule has 29 heavy (non-hydrogen) atoms. The molecule has 1 unspecified atom stereocenters. The summed E-state index contributed by atoms with van der Waals surface area (Å²) >= 11 is 0. The topological polar surface area (TPSA) is 50.8 Å². The molecule has 2 aromatic rings. The highest BCUT2D eigenvalue weighted by molar-refractivity contribution is 5.96. The molecule has 0 aliphatic carbocycles. The number of amides is 1. The van der Waals surface area contributed by atoms with Crippen molar-refractivity contribution in [1.82, 2.24) is 4.90 Å². The van der Waals surface area contributed by atoms with Crippen molar-refractivity contribution in [3.8, 4) is 11.5 Å². The zero-order valence-corrected chi connectivity index (χ0v) is 15.7. The van der Waals surface area contributed by atoms with Gasteiger partial charge in [0.1, 0.15) is 35.1 Å². The van der Waals surface area contributed by atoms with Crippen molar-refractivity contribution < 1.29 is 27.4 Å². The van der Waals surface area contributed by atoms with Gasteiger partial charge < -0.3 is 19.7 Å². The molecule has 5 nitrogen and oxygen atoms in total. The fourth-order valence-electron chi connectivity index (χ4n) is 3.43. The standard InChI is InChI=1S/C21H19F3N2O3/c1-11(17-6-19-20(7-18(17)24)28-10-21(27)25-19)26-8-13(9-26)12(2)29-16-4-14(22)3-15(23)5-16/h3-7,12-13H,1,8-10H2,2H3,(H,25,27). The maximum absolute atomic E-state index is 14.5. The van der Waals surface area contributed by atoms with Crippen molar-refractivity contribution >= 4 is 17.3 Å². The van der Waals surface area contributed by atoms with Gasteiger partial charge in [0.2, 0.25) is 0 Å². The van der Waals surface area contributed by atoms with E-state index in [1.807, 2.05) is 11.8 Å². The Hall–Kier alpha value is -3.16. The van der Waals surface area contributed by atoms with Gasteiger partial charge in [0.05, 0.1) is 5.69 Å². The maximum atomic E-state index is 14.5. The van der Waals surface area contributed by atoms with Crippen molar-refractivity contribution in [3.05, 3.63) is 59.9 Å². The maximum Gasteiger partial charge on any atom is 0.262 e. The molecule has 1 amide bonds. The third-order valence-electron chi connectivity index (χ3n) is 5.13. The van der Waals surface area contributed by atoms with Crippen LogP contribution >= 0.6 is 0 Å². The van der Waals surface area contributed by atoms with Gasteiger partial charge >= 0.3 is 0 Å². The summed E-state index contributed by atoms with van der Waals surface area (Å²) in [6.07, 6.45) is -0.290. The van der Waals surface area contributed by atoms with Crippen LogP contribution in [0.3, 0.4) is 0 Å². The van der Waals surface area contributed by atoms with E-state index in [0.29, 0.717) is 24.5 Å². The Balaban J connectivity index is 1.40. The number of carbonyl (C=O) groups is 1. The molecule has 2 aromatic carbocycles. The van der Waals surface area contributed by atoms with Crippen LogP contribution < -0.4 is 14.8 Å². The highest BCUT2D eigenvalue weighted by Crippen LogP contribution is 2.36. The lowest BCUT2D eigenvalue weighted by molar-refractivity contribution is -0.118. The van der Waals surface area contributed by atoms with Crippen LogP contribution in [0.4, 0.5) is 18.9 Å². The molecule has 2 aliphatic rings. The smallest absolute Gasteiger partial charge is 0.262 e. The second kappa shape index (κ2) is 7.35. The molecule has 1 saturated heterocycles. The first-order valence-corrected chi connectivity index (χ1v) is 9.13. The van der Waals surface area contributed by atoms with Gasteiger partial charge in [-0.2, -0.15) is 0 Å². The quantitative estimate of drug-likeness (QED) is 0.824. The number of fused-ring (bicyclic) bond motifs is 1. The summed E-state index contributed by atoms with van der Waals surface area (Å²) in [6.45, 7) is 6.75.